The van der Waals surface area contributed by atoms with E-state index in [1.54, 1.807) is 0 Å². The van der Waals surface area contributed by atoms with Gasteiger partial charge in [-0.1, -0.05) is 64.2 Å². The van der Waals surface area contributed by atoms with E-state index in [1.807, 2.05) is 6.07 Å². The van der Waals surface area contributed by atoms with Crippen molar-refractivity contribution < 1.29 is 9.47 Å². The lowest BCUT2D eigenvalue weighted by Gasteiger charge is -2.21. The highest BCUT2D eigenvalue weighted by molar-refractivity contribution is 5.46. The van der Waals surface area contributed by atoms with Gasteiger partial charge in [0.15, 0.2) is 0 Å². The van der Waals surface area contributed by atoms with E-state index in [9.17, 15) is 0 Å². The topological polar surface area (TPSA) is 30.5 Å². The summed E-state index contributed by atoms with van der Waals surface area (Å²) in [6.45, 7) is 6.72. The van der Waals surface area contributed by atoms with Gasteiger partial charge in [-0.3, -0.25) is 0 Å². The average molecular weight is 396 g/mol. The van der Waals surface area contributed by atoms with Crippen LogP contribution in [0.2, 0.25) is 0 Å². The fourth-order valence-electron chi connectivity index (χ4n) is 4.08. The van der Waals surface area contributed by atoms with Crippen molar-refractivity contribution in [1.82, 2.24) is 0 Å². The molecule has 0 aliphatic heterocycles. The van der Waals surface area contributed by atoms with Gasteiger partial charge in [0.2, 0.25) is 0 Å². The average Bonchev–Trinajstić information content (AvgIpc) is 2.78. The van der Waals surface area contributed by atoms with Crippen molar-refractivity contribution in [3.05, 3.63) is 54.1 Å². The fraction of sp³-hybridized carbons (Fsp3) is 0.538. The number of para-hydroxylation sites is 1. The predicted octanol–water partition coefficient (Wildman–Crippen LogP) is 7.04. The largest absolute Gasteiger partial charge is 0.494 e. The minimum atomic E-state index is 0.518. The second-order valence-corrected chi connectivity index (χ2v) is 8.29. The maximum Gasteiger partial charge on any atom is 0.122 e. The van der Waals surface area contributed by atoms with Gasteiger partial charge in [-0.05, 0) is 60.6 Å². The van der Waals surface area contributed by atoms with E-state index in [-0.39, 0.29) is 0 Å². The number of anilines is 1. The molecule has 1 atom stereocenters. The Morgan fingerprint density at radius 1 is 0.931 bits per heavy atom. The third-order valence-electron chi connectivity index (χ3n) is 6.12. The van der Waals surface area contributed by atoms with Gasteiger partial charge in [0.05, 0.1) is 6.61 Å². The molecule has 29 heavy (non-hydrogen) atoms. The first-order chi connectivity index (χ1) is 14.3. The quantitative estimate of drug-likeness (QED) is 0.414. The van der Waals surface area contributed by atoms with Crippen molar-refractivity contribution in [3.63, 3.8) is 0 Å². The Bertz CT molecular complexity index is 707. The van der Waals surface area contributed by atoms with E-state index in [2.05, 4.69) is 61.6 Å². The van der Waals surface area contributed by atoms with Crippen LogP contribution in [0.1, 0.15) is 70.3 Å². The Balaban J connectivity index is 1.36. The summed E-state index contributed by atoms with van der Waals surface area (Å²) in [5.74, 6) is 3.36. The van der Waals surface area contributed by atoms with Crippen molar-refractivity contribution in [2.24, 2.45) is 5.92 Å². The number of ether oxygens (including phenoxy) is 2. The molecule has 1 aliphatic carbocycles. The first kappa shape index (κ1) is 21.5. The summed E-state index contributed by atoms with van der Waals surface area (Å²) in [6, 6.07) is 16.7. The van der Waals surface area contributed by atoms with Gasteiger partial charge < -0.3 is 14.8 Å². The lowest BCUT2D eigenvalue weighted by Crippen LogP contribution is -2.12. The van der Waals surface area contributed by atoms with E-state index in [0.717, 1.165) is 42.7 Å². The molecular weight excluding hydrogens is 358 g/mol. The number of hydrogen-bond acceptors (Lipinski definition) is 3. The molecule has 1 fully saturated rings. The highest BCUT2D eigenvalue weighted by Gasteiger charge is 2.13. The first-order valence-corrected chi connectivity index (χ1v) is 11.4. The molecular formula is C26H37NO2. The zero-order valence-electron chi connectivity index (χ0n) is 18.2. The van der Waals surface area contributed by atoms with Crippen molar-refractivity contribution in [1.29, 1.82) is 0 Å². The van der Waals surface area contributed by atoms with Gasteiger partial charge in [-0.2, -0.15) is 0 Å². The summed E-state index contributed by atoms with van der Waals surface area (Å²) < 4.78 is 12.0. The van der Waals surface area contributed by atoms with Crippen LogP contribution in [0.15, 0.2) is 48.5 Å². The molecule has 0 unspecified atom stereocenters. The van der Waals surface area contributed by atoms with Gasteiger partial charge in [-0.25, -0.2) is 0 Å². The molecule has 3 nitrogen and oxygen atoms in total. The molecule has 2 aromatic rings. The lowest BCUT2D eigenvalue weighted by atomic mass is 9.87. The van der Waals surface area contributed by atoms with E-state index in [0.29, 0.717) is 12.5 Å². The number of hydrogen-bond donors (Lipinski definition) is 1. The van der Waals surface area contributed by atoms with Crippen LogP contribution in [0.25, 0.3) is 0 Å². The van der Waals surface area contributed by atoms with Gasteiger partial charge in [0.25, 0.3) is 0 Å². The molecule has 2 aromatic carbocycles. The molecule has 0 radical (unpaired) electrons. The molecule has 158 valence electrons. The van der Waals surface area contributed by atoms with Crippen LogP contribution in [-0.2, 0) is 0 Å². The second kappa shape index (κ2) is 11.7. The van der Waals surface area contributed by atoms with Crippen LogP contribution in [0.4, 0.5) is 5.69 Å². The summed E-state index contributed by atoms with van der Waals surface area (Å²) in [5.41, 5.74) is 2.40. The van der Waals surface area contributed by atoms with Gasteiger partial charge in [0.1, 0.15) is 18.1 Å². The monoisotopic (exact) mass is 395 g/mol. The number of benzene rings is 2. The highest BCUT2D eigenvalue weighted by atomic mass is 16.5. The Morgan fingerprint density at radius 2 is 1.69 bits per heavy atom. The van der Waals surface area contributed by atoms with E-state index in [4.69, 9.17) is 9.47 Å². The van der Waals surface area contributed by atoms with Crippen molar-refractivity contribution in [2.45, 2.75) is 64.7 Å². The summed E-state index contributed by atoms with van der Waals surface area (Å²) >= 11 is 0. The first-order valence-electron chi connectivity index (χ1n) is 11.4. The summed E-state index contributed by atoms with van der Waals surface area (Å²) in [4.78, 5) is 0. The van der Waals surface area contributed by atoms with E-state index < -0.39 is 0 Å². The van der Waals surface area contributed by atoms with Crippen LogP contribution in [0.5, 0.6) is 11.5 Å². The number of rotatable bonds is 11. The Hall–Kier alpha value is -2.16. The maximum atomic E-state index is 6.03. The van der Waals surface area contributed by atoms with E-state index >= 15 is 0 Å². The third kappa shape index (κ3) is 6.99. The zero-order valence-corrected chi connectivity index (χ0v) is 18.2. The maximum absolute atomic E-state index is 6.03. The standard InChI is InChI=1S/C26H37NO2/c1-3-21(2)25-11-7-8-12-26(25)29-20-18-27-23-13-15-24(16-14-23)28-19-17-22-9-5-4-6-10-22/h7-8,11-16,21-22,27H,3-6,9-10,17-20H2,1-2H3/t21-/m0/s1. The Kier molecular flexibility index (Phi) is 8.73. The Morgan fingerprint density at radius 3 is 2.45 bits per heavy atom. The van der Waals surface area contributed by atoms with Crippen LogP contribution >= 0.6 is 0 Å². The third-order valence-corrected chi connectivity index (χ3v) is 6.12. The molecule has 0 saturated heterocycles. The molecule has 0 heterocycles. The number of nitrogens with one attached hydrogen (secondary N) is 1. The molecule has 1 aliphatic rings. The molecule has 0 aromatic heterocycles. The minimum Gasteiger partial charge on any atom is -0.494 e. The normalized spacial score (nSPS) is 15.7. The molecule has 1 N–H and O–H groups in total. The summed E-state index contributed by atoms with van der Waals surface area (Å²) in [5, 5.41) is 3.43. The van der Waals surface area contributed by atoms with Crippen LogP contribution < -0.4 is 14.8 Å². The molecule has 1 saturated carbocycles. The second-order valence-electron chi connectivity index (χ2n) is 8.29. The molecule has 3 heteroatoms. The molecule has 3 rings (SSSR count). The molecule has 0 amide bonds. The molecule has 0 bridgehead atoms. The predicted molar refractivity (Wildman–Crippen MR) is 122 cm³/mol. The van der Waals surface area contributed by atoms with Gasteiger partial charge in [-0.15, -0.1) is 0 Å². The Labute approximate surface area is 176 Å². The SMILES string of the molecule is CC[C@H](C)c1ccccc1OCCNc1ccc(OCCC2CCCCC2)cc1. The summed E-state index contributed by atoms with van der Waals surface area (Å²) in [7, 11) is 0. The highest BCUT2D eigenvalue weighted by Crippen LogP contribution is 2.28. The summed E-state index contributed by atoms with van der Waals surface area (Å²) in [6.07, 6.45) is 9.30. The van der Waals surface area contributed by atoms with Gasteiger partial charge in [0, 0.05) is 12.2 Å². The van der Waals surface area contributed by atoms with Crippen LogP contribution in [-0.4, -0.2) is 19.8 Å². The fourth-order valence-corrected chi connectivity index (χ4v) is 4.08. The van der Waals surface area contributed by atoms with Crippen molar-refractivity contribution in [2.75, 3.05) is 25.1 Å². The van der Waals surface area contributed by atoms with Crippen LogP contribution in [0.3, 0.4) is 0 Å². The lowest BCUT2D eigenvalue weighted by molar-refractivity contribution is 0.246. The van der Waals surface area contributed by atoms with Gasteiger partial charge >= 0.3 is 0 Å². The minimum absolute atomic E-state index is 0.518. The van der Waals surface area contributed by atoms with E-state index in [1.165, 1.54) is 44.1 Å². The molecule has 0 spiro atoms. The van der Waals surface area contributed by atoms with Crippen molar-refractivity contribution in [3.8, 4) is 11.5 Å². The zero-order chi connectivity index (χ0) is 20.3. The van der Waals surface area contributed by atoms with Crippen LogP contribution in [0, 0.1) is 5.92 Å². The van der Waals surface area contributed by atoms with Crippen molar-refractivity contribution >= 4 is 5.69 Å². The smallest absolute Gasteiger partial charge is 0.122 e.